The molecule has 0 aliphatic rings. The van der Waals surface area contributed by atoms with Crippen molar-refractivity contribution in [3.05, 3.63) is 63.9 Å². The van der Waals surface area contributed by atoms with Gasteiger partial charge in [0.25, 0.3) is 0 Å². The molecule has 0 saturated carbocycles. The molecular formula is C13H11BrF2N2. The summed E-state index contributed by atoms with van der Waals surface area (Å²) in [6, 6.07) is 5.88. The molecule has 2 aromatic rings. The van der Waals surface area contributed by atoms with E-state index in [0.29, 0.717) is 10.0 Å². The maximum atomic E-state index is 13.2. The van der Waals surface area contributed by atoms with Crippen molar-refractivity contribution < 1.29 is 8.78 Å². The van der Waals surface area contributed by atoms with Crippen LogP contribution < -0.4 is 5.32 Å². The molecule has 1 aromatic heterocycles. The number of pyridine rings is 1. The number of benzene rings is 1. The smallest absolute Gasteiger partial charge is 0.141 e. The van der Waals surface area contributed by atoms with Crippen molar-refractivity contribution in [2.24, 2.45) is 0 Å². The lowest BCUT2D eigenvalue weighted by Crippen LogP contribution is -2.18. The van der Waals surface area contributed by atoms with Gasteiger partial charge in [0.15, 0.2) is 0 Å². The molecule has 0 saturated heterocycles. The zero-order chi connectivity index (χ0) is 13.1. The molecule has 0 spiro atoms. The van der Waals surface area contributed by atoms with Gasteiger partial charge in [-0.15, -0.1) is 0 Å². The van der Waals surface area contributed by atoms with Gasteiger partial charge in [0.1, 0.15) is 11.6 Å². The normalized spacial score (nSPS) is 12.4. The topological polar surface area (TPSA) is 24.9 Å². The second-order valence-electron chi connectivity index (χ2n) is 3.83. The van der Waals surface area contributed by atoms with E-state index in [1.807, 2.05) is 0 Å². The third-order valence-corrected chi connectivity index (χ3v) is 3.23. The Hall–Kier alpha value is -1.33. The molecule has 0 amide bonds. The minimum Gasteiger partial charge on any atom is -0.309 e. The Kier molecular flexibility index (Phi) is 4.04. The molecular weight excluding hydrogens is 302 g/mol. The lowest BCUT2D eigenvalue weighted by Gasteiger charge is -2.17. The van der Waals surface area contributed by atoms with Crippen molar-refractivity contribution in [3.8, 4) is 0 Å². The third-order valence-electron chi connectivity index (χ3n) is 2.63. The highest BCUT2D eigenvalue weighted by Gasteiger charge is 2.14. The summed E-state index contributed by atoms with van der Waals surface area (Å²) < 4.78 is 26.7. The van der Waals surface area contributed by atoms with Gasteiger partial charge < -0.3 is 5.32 Å². The Morgan fingerprint density at radius 3 is 2.56 bits per heavy atom. The van der Waals surface area contributed by atoms with Gasteiger partial charge in [-0.1, -0.05) is 6.07 Å². The zero-order valence-electron chi connectivity index (χ0n) is 9.62. The van der Waals surface area contributed by atoms with Crippen LogP contribution in [0, 0.1) is 11.6 Å². The molecule has 18 heavy (non-hydrogen) atoms. The Morgan fingerprint density at radius 1 is 1.17 bits per heavy atom. The van der Waals surface area contributed by atoms with Crippen LogP contribution in [0.3, 0.4) is 0 Å². The monoisotopic (exact) mass is 312 g/mol. The fourth-order valence-corrected chi connectivity index (χ4v) is 2.20. The van der Waals surface area contributed by atoms with Crippen LogP contribution >= 0.6 is 15.9 Å². The van der Waals surface area contributed by atoms with Crippen LogP contribution in [0.4, 0.5) is 8.78 Å². The summed E-state index contributed by atoms with van der Waals surface area (Å²) in [4.78, 5) is 3.82. The summed E-state index contributed by atoms with van der Waals surface area (Å²) in [6.45, 7) is 0. The van der Waals surface area contributed by atoms with Crippen LogP contribution in [0.25, 0.3) is 0 Å². The molecule has 1 heterocycles. The van der Waals surface area contributed by atoms with Crippen LogP contribution in [0.5, 0.6) is 0 Å². The Balaban J connectivity index is 2.42. The highest BCUT2D eigenvalue weighted by molar-refractivity contribution is 9.10. The van der Waals surface area contributed by atoms with Gasteiger partial charge in [0.2, 0.25) is 0 Å². The number of nitrogens with one attached hydrogen (secondary N) is 1. The predicted molar refractivity (Wildman–Crippen MR) is 69.2 cm³/mol. The molecule has 0 bridgehead atoms. The minimum absolute atomic E-state index is 0.231. The highest BCUT2D eigenvalue weighted by atomic mass is 79.9. The molecule has 2 nitrogen and oxygen atoms in total. The molecule has 2 rings (SSSR count). The number of rotatable bonds is 3. The number of aromatic nitrogens is 1. The van der Waals surface area contributed by atoms with Gasteiger partial charge in [-0.2, -0.15) is 0 Å². The lowest BCUT2D eigenvalue weighted by molar-refractivity contribution is 0.605. The number of hydrogen-bond donors (Lipinski definition) is 1. The second kappa shape index (κ2) is 5.54. The maximum absolute atomic E-state index is 13.2. The SMILES string of the molecule is CNC(c1cncc(F)c1)c1ccc(F)c(Br)c1. The first-order valence-electron chi connectivity index (χ1n) is 5.34. The average Bonchev–Trinajstić information content (AvgIpc) is 2.35. The van der Waals surface area contributed by atoms with Crippen LogP contribution in [-0.2, 0) is 0 Å². The minimum atomic E-state index is -0.395. The van der Waals surface area contributed by atoms with Gasteiger partial charge in [0, 0.05) is 6.20 Å². The molecule has 1 aromatic carbocycles. The van der Waals surface area contributed by atoms with Crippen LogP contribution in [0.1, 0.15) is 17.2 Å². The Morgan fingerprint density at radius 2 is 1.94 bits per heavy atom. The van der Waals surface area contributed by atoms with E-state index in [9.17, 15) is 8.78 Å². The molecule has 5 heteroatoms. The lowest BCUT2D eigenvalue weighted by atomic mass is 10.0. The fraction of sp³-hybridized carbons (Fsp3) is 0.154. The molecule has 1 unspecified atom stereocenters. The summed E-state index contributed by atoms with van der Waals surface area (Å²) >= 11 is 3.14. The first kappa shape index (κ1) is 13.1. The Labute approximate surface area is 112 Å². The van der Waals surface area contributed by atoms with E-state index < -0.39 is 5.82 Å². The number of hydrogen-bond acceptors (Lipinski definition) is 2. The first-order chi connectivity index (χ1) is 8.61. The molecule has 0 fully saturated rings. The third kappa shape index (κ3) is 2.73. The molecule has 1 N–H and O–H groups in total. The van der Waals surface area contributed by atoms with Gasteiger partial charge in [0.05, 0.1) is 16.7 Å². The van der Waals surface area contributed by atoms with E-state index in [1.165, 1.54) is 12.1 Å². The number of nitrogens with zero attached hydrogens (tertiary/aromatic N) is 1. The van der Waals surface area contributed by atoms with E-state index in [2.05, 4.69) is 26.2 Å². The Bertz CT molecular complexity index is 560. The van der Waals surface area contributed by atoms with Crippen molar-refractivity contribution in [2.75, 3.05) is 7.05 Å². The highest BCUT2D eigenvalue weighted by Crippen LogP contribution is 2.25. The van der Waals surface area contributed by atoms with Crippen molar-refractivity contribution in [3.63, 3.8) is 0 Å². The second-order valence-corrected chi connectivity index (χ2v) is 4.69. The van der Waals surface area contributed by atoms with Crippen LogP contribution in [0.2, 0.25) is 0 Å². The predicted octanol–water partition coefficient (Wildman–Crippen LogP) is 3.43. The van der Waals surface area contributed by atoms with Gasteiger partial charge >= 0.3 is 0 Å². The summed E-state index contributed by atoms with van der Waals surface area (Å²) in [5, 5.41) is 3.06. The van der Waals surface area contributed by atoms with E-state index in [-0.39, 0.29) is 11.9 Å². The molecule has 94 valence electrons. The van der Waals surface area contributed by atoms with Crippen LogP contribution in [0.15, 0.2) is 41.1 Å². The van der Waals surface area contributed by atoms with Crippen molar-refractivity contribution in [1.29, 1.82) is 0 Å². The average molecular weight is 313 g/mol. The molecule has 0 aliphatic carbocycles. The summed E-state index contributed by atoms with van der Waals surface area (Å²) in [7, 11) is 1.76. The van der Waals surface area contributed by atoms with Crippen molar-refractivity contribution in [1.82, 2.24) is 10.3 Å². The molecule has 0 aliphatic heterocycles. The van der Waals surface area contributed by atoms with E-state index in [0.717, 1.165) is 11.8 Å². The number of halogens is 3. The van der Waals surface area contributed by atoms with Gasteiger partial charge in [-0.05, 0) is 52.3 Å². The van der Waals surface area contributed by atoms with Gasteiger partial charge in [-0.25, -0.2) is 8.78 Å². The van der Waals surface area contributed by atoms with Gasteiger partial charge in [-0.3, -0.25) is 4.98 Å². The standard InChI is InChI=1S/C13H11BrF2N2/c1-17-13(9-4-10(15)7-18-6-9)8-2-3-12(16)11(14)5-8/h2-7,13,17H,1H3. The van der Waals surface area contributed by atoms with E-state index in [4.69, 9.17) is 0 Å². The molecule has 0 radical (unpaired) electrons. The summed E-state index contributed by atoms with van der Waals surface area (Å²) in [5.74, 6) is -0.722. The zero-order valence-corrected chi connectivity index (χ0v) is 11.2. The molecule has 1 atom stereocenters. The van der Waals surface area contributed by atoms with Crippen LogP contribution in [-0.4, -0.2) is 12.0 Å². The van der Waals surface area contributed by atoms with E-state index in [1.54, 1.807) is 25.4 Å². The first-order valence-corrected chi connectivity index (χ1v) is 6.14. The maximum Gasteiger partial charge on any atom is 0.141 e. The summed E-state index contributed by atoms with van der Waals surface area (Å²) in [6.07, 6.45) is 2.73. The summed E-state index contributed by atoms with van der Waals surface area (Å²) in [5.41, 5.74) is 1.52. The van der Waals surface area contributed by atoms with Crippen molar-refractivity contribution in [2.45, 2.75) is 6.04 Å². The largest absolute Gasteiger partial charge is 0.309 e. The van der Waals surface area contributed by atoms with E-state index >= 15 is 0 Å². The fourth-order valence-electron chi connectivity index (χ4n) is 1.80. The quantitative estimate of drug-likeness (QED) is 0.939. The van der Waals surface area contributed by atoms with Crippen molar-refractivity contribution >= 4 is 15.9 Å².